The van der Waals surface area contributed by atoms with Crippen molar-refractivity contribution in [2.24, 2.45) is 11.8 Å². The van der Waals surface area contributed by atoms with Gasteiger partial charge in [-0.3, -0.25) is 0 Å². The van der Waals surface area contributed by atoms with Crippen LogP contribution < -0.4 is 5.32 Å². The highest BCUT2D eigenvalue weighted by atomic mass is 32.2. The molecule has 0 atom stereocenters. The first-order valence-corrected chi connectivity index (χ1v) is 9.24. The van der Waals surface area contributed by atoms with Gasteiger partial charge in [-0.1, -0.05) is 13.8 Å². The molecule has 0 radical (unpaired) electrons. The summed E-state index contributed by atoms with van der Waals surface area (Å²) in [5, 5.41) is 3.31. The van der Waals surface area contributed by atoms with Crippen LogP contribution in [-0.4, -0.2) is 58.4 Å². The van der Waals surface area contributed by atoms with Crippen LogP contribution in [-0.2, 0) is 14.8 Å². The zero-order chi connectivity index (χ0) is 15.0. The predicted molar refractivity (Wildman–Crippen MR) is 82.3 cm³/mol. The van der Waals surface area contributed by atoms with Crippen molar-refractivity contribution in [1.29, 1.82) is 0 Å². The summed E-state index contributed by atoms with van der Waals surface area (Å²) in [6, 6.07) is 0. The standard InChI is InChI=1S/C14H30N2O3S/c1-13(2)12-16(9-10-19-3)20(17,18)11-6-14-4-7-15-8-5-14/h13-15H,4-12H2,1-3H3. The van der Waals surface area contributed by atoms with Gasteiger partial charge in [0.25, 0.3) is 0 Å². The molecule has 1 fully saturated rings. The average molecular weight is 306 g/mol. The summed E-state index contributed by atoms with van der Waals surface area (Å²) in [6.45, 7) is 7.62. The Kier molecular flexibility index (Phi) is 8.02. The van der Waals surface area contributed by atoms with Crippen LogP contribution in [0.15, 0.2) is 0 Å². The number of piperidine rings is 1. The first-order chi connectivity index (χ1) is 9.45. The third-order valence-electron chi connectivity index (χ3n) is 3.75. The SMILES string of the molecule is COCCN(CC(C)C)S(=O)(=O)CCC1CCNCC1. The van der Waals surface area contributed by atoms with E-state index in [0.717, 1.165) is 32.4 Å². The molecular weight excluding hydrogens is 276 g/mol. The van der Waals surface area contributed by atoms with Gasteiger partial charge in [-0.25, -0.2) is 8.42 Å². The van der Waals surface area contributed by atoms with E-state index in [4.69, 9.17) is 4.74 Å². The van der Waals surface area contributed by atoms with E-state index < -0.39 is 10.0 Å². The molecule has 0 spiro atoms. The number of methoxy groups -OCH3 is 1. The Morgan fingerprint density at radius 2 is 1.95 bits per heavy atom. The largest absolute Gasteiger partial charge is 0.383 e. The first-order valence-electron chi connectivity index (χ1n) is 7.63. The molecule has 5 nitrogen and oxygen atoms in total. The van der Waals surface area contributed by atoms with E-state index in [0.29, 0.717) is 31.5 Å². The van der Waals surface area contributed by atoms with Crippen LogP contribution in [0.25, 0.3) is 0 Å². The number of rotatable bonds is 9. The van der Waals surface area contributed by atoms with Crippen LogP contribution >= 0.6 is 0 Å². The molecule has 0 aromatic heterocycles. The molecule has 0 bridgehead atoms. The highest BCUT2D eigenvalue weighted by molar-refractivity contribution is 7.89. The van der Waals surface area contributed by atoms with Crippen LogP contribution in [0.5, 0.6) is 0 Å². The second-order valence-corrected chi connectivity index (χ2v) is 8.13. The molecule has 0 aromatic carbocycles. The Bertz CT molecular complexity index is 351. The van der Waals surface area contributed by atoms with Crippen molar-refractivity contribution in [2.75, 3.05) is 45.6 Å². The number of hydrogen-bond acceptors (Lipinski definition) is 4. The molecule has 0 amide bonds. The summed E-state index contributed by atoms with van der Waals surface area (Å²) < 4.78 is 31.6. The van der Waals surface area contributed by atoms with E-state index in [1.807, 2.05) is 13.8 Å². The van der Waals surface area contributed by atoms with Gasteiger partial charge in [0, 0.05) is 20.2 Å². The first kappa shape index (κ1) is 17.9. The highest BCUT2D eigenvalue weighted by Crippen LogP contribution is 2.18. The topological polar surface area (TPSA) is 58.6 Å². The van der Waals surface area contributed by atoms with E-state index in [1.165, 1.54) is 0 Å². The minimum absolute atomic E-state index is 0.272. The fourth-order valence-corrected chi connectivity index (χ4v) is 4.33. The van der Waals surface area contributed by atoms with E-state index in [1.54, 1.807) is 11.4 Å². The van der Waals surface area contributed by atoms with Gasteiger partial charge in [0.15, 0.2) is 0 Å². The lowest BCUT2D eigenvalue weighted by Crippen LogP contribution is -2.39. The van der Waals surface area contributed by atoms with Gasteiger partial charge in [-0.05, 0) is 44.2 Å². The van der Waals surface area contributed by atoms with Crippen molar-refractivity contribution in [3.8, 4) is 0 Å². The fraction of sp³-hybridized carbons (Fsp3) is 1.00. The summed E-state index contributed by atoms with van der Waals surface area (Å²) in [7, 11) is -1.55. The van der Waals surface area contributed by atoms with Gasteiger partial charge in [-0.15, -0.1) is 0 Å². The van der Waals surface area contributed by atoms with Crippen molar-refractivity contribution in [3.63, 3.8) is 0 Å². The Hall–Kier alpha value is -0.170. The third kappa shape index (κ3) is 6.52. The summed E-state index contributed by atoms with van der Waals surface area (Å²) in [4.78, 5) is 0. The number of hydrogen-bond donors (Lipinski definition) is 1. The van der Waals surface area contributed by atoms with Crippen molar-refractivity contribution in [1.82, 2.24) is 9.62 Å². The number of nitrogens with zero attached hydrogens (tertiary/aromatic N) is 1. The smallest absolute Gasteiger partial charge is 0.214 e. The summed E-state index contributed by atoms with van der Waals surface area (Å²) >= 11 is 0. The Morgan fingerprint density at radius 3 is 2.50 bits per heavy atom. The van der Waals surface area contributed by atoms with Crippen LogP contribution in [0.4, 0.5) is 0 Å². The average Bonchev–Trinajstić information content (AvgIpc) is 2.42. The Balaban J connectivity index is 2.51. The molecule has 0 aromatic rings. The Labute approximate surface area is 124 Å². The molecule has 0 unspecified atom stereocenters. The van der Waals surface area contributed by atoms with Gasteiger partial charge in [0.2, 0.25) is 10.0 Å². The third-order valence-corrected chi connectivity index (χ3v) is 5.62. The van der Waals surface area contributed by atoms with Crippen LogP contribution in [0.3, 0.4) is 0 Å². The van der Waals surface area contributed by atoms with Gasteiger partial charge in [0.05, 0.1) is 12.4 Å². The summed E-state index contributed by atoms with van der Waals surface area (Å²) in [5.41, 5.74) is 0. The molecule has 120 valence electrons. The summed E-state index contributed by atoms with van der Waals surface area (Å²) in [5.74, 6) is 1.16. The van der Waals surface area contributed by atoms with Gasteiger partial charge in [0.1, 0.15) is 0 Å². The van der Waals surface area contributed by atoms with Crippen molar-refractivity contribution < 1.29 is 13.2 Å². The molecule has 20 heavy (non-hydrogen) atoms. The maximum atomic E-state index is 12.5. The van der Waals surface area contributed by atoms with E-state index in [2.05, 4.69) is 5.32 Å². The normalized spacial score (nSPS) is 18.1. The van der Waals surface area contributed by atoms with Gasteiger partial charge < -0.3 is 10.1 Å². The maximum absolute atomic E-state index is 12.5. The van der Waals surface area contributed by atoms with Gasteiger partial charge >= 0.3 is 0 Å². The quantitative estimate of drug-likeness (QED) is 0.698. The molecule has 1 N–H and O–H groups in total. The van der Waals surface area contributed by atoms with E-state index >= 15 is 0 Å². The zero-order valence-corrected chi connectivity index (χ0v) is 13.9. The second kappa shape index (κ2) is 8.97. The molecule has 0 saturated carbocycles. The molecular formula is C14H30N2O3S. The molecule has 0 aliphatic carbocycles. The molecule has 1 rings (SSSR count). The van der Waals surface area contributed by atoms with Crippen LogP contribution in [0.1, 0.15) is 33.1 Å². The van der Waals surface area contributed by atoms with Gasteiger partial charge in [-0.2, -0.15) is 4.31 Å². The fourth-order valence-electron chi connectivity index (χ4n) is 2.56. The van der Waals surface area contributed by atoms with Crippen molar-refractivity contribution in [2.45, 2.75) is 33.1 Å². The van der Waals surface area contributed by atoms with E-state index in [9.17, 15) is 8.42 Å². The molecule has 6 heteroatoms. The van der Waals surface area contributed by atoms with Crippen molar-refractivity contribution in [3.05, 3.63) is 0 Å². The molecule has 1 saturated heterocycles. The second-order valence-electron chi connectivity index (χ2n) is 6.04. The number of ether oxygens (including phenoxy) is 1. The molecule has 1 heterocycles. The van der Waals surface area contributed by atoms with Crippen LogP contribution in [0.2, 0.25) is 0 Å². The summed E-state index contributed by atoms with van der Waals surface area (Å²) in [6.07, 6.45) is 2.97. The lowest BCUT2D eigenvalue weighted by atomic mass is 9.96. The Morgan fingerprint density at radius 1 is 1.30 bits per heavy atom. The lowest BCUT2D eigenvalue weighted by molar-refractivity contribution is 0.175. The highest BCUT2D eigenvalue weighted by Gasteiger charge is 2.24. The minimum atomic E-state index is -3.16. The number of nitrogens with one attached hydrogen (secondary N) is 1. The maximum Gasteiger partial charge on any atom is 0.214 e. The van der Waals surface area contributed by atoms with E-state index in [-0.39, 0.29) is 5.75 Å². The zero-order valence-electron chi connectivity index (χ0n) is 13.1. The van der Waals surface area contributed by atoms with Crippen molar-refractivity contribution >= 4 is 10.0 Å². The minimum Gasteiger partial charge on any atom is -0.383 e. The molecule has 1 aliphatic rings. The monoisotopic (exact) mass is 306 g/mol. The van der Waals surface area contributed by atoms with Crippen LogP contribution in [0, 0.1) is 11.8 Å². The predicted octanol–water partition coefficient (Wildman–Crippen LogP) is 1.31. The number of sulfonamides is 1. The lowest BCUT2D eigenvalue weighted by Gasteiger charge is -2.26. The molecule has 1 aliphatic heterocycles.